The van der Waals surface area contributed by atoms with Crippen LogP contribution in [0, 0.1) is 0 Å². The van der Waals surface area contributed by atoms with E-state index in [9.17, 15) is 4.79 Å². The molecule has 0 aliphatic heterocycles. The summed E-state index contributed by atoms with van der Waals surface area (Å²) in [5, 5.41) is 12.0. The first kappa shape index (κ1) is 21.3. The van der Waals surface area contributed by atoms with Gasteiger partial charge in [0.1, 0.15) is 11.5 Å². The number of nitrogens with zero attached hydrogens (tertiary/aromatic N) is 4. The number of nitrogens with one attached hydrogen (secondary N) is 1. The summed E-state index contributed by atoms with van der Waals surface area (Å²) < 4.78 is 7.69. The van der Waals surface area contributed by atoms with Crippen molar-refractivity contribution in [2.24, 2.45) is 0 Å². The van der Waals surface area contributed by atoms with E-state index in [2.05, 4.69) is 27.1 Å². The fourth-order valence-corrected chi connectivity index (χ4v) is 3.70. The molecule has 0 saturated heterocycles. The highest BCUT2D eigenvalue weighted by molar-refractivity contribution is 7.99. The smallest absolute Gasteiger partial charge is 0.234 e. The molecule has 0 spiro atoms. The Kier molecular flexibility index (Phi) is 6.94. The monoisotopic (exact) mass is 443 g/mol. The lowest BCUT2D eigenvalue weighted by molar-refractivity contribution is -0.113. The van der Waals surface area contributed by atoms with Crippen molar-refractivity contribution < 1.29 is 9.53 Å². The Morgan fingerprint density at radius 2 is 1.81 bits per heavy atom. The quantitative estimate of drug-likeness (QED) is 0.288. The molecule has 0 saturated carbocycles. The molecule has 8 heteroatoms. The number of hydrogen-bond acceptors (Lipinski definition) is 6. The van der Waals surface area contributed by atoms with Crippen LogP contribution in [0.25, 0.3) is 11.4 Å². The van der Waals surface area contributed by atoms with Crippen molar-refractivity contribution in [3.05, 3.63) is 91.8 Å². The van der Waals surface area contributed by atoms with E-state index in [-0.39, 0.29) is 11.7 Å². The second-order valence-electron chi connectivity index (χ2n) is 6.72. The van der Waals surface area contributed by atoms with E-state index in [1.54, 1.807) is 18.5 Å². The molecule has 0 aliphatic carbocycles. The van der Waals surface area contributed by atoms with Crippen LogP contribution in [0.1, 0.15) is 0 Å². The minimum absolute atomic E-state index is 0.136. The van der Waals surface area contributed by atoms with Gasteiger partial charge >= 0.3 is 0 Å². The Hall–Kier alpha value is -3.91. The molecule has 0 radical (unpaired) electrons. The zero-order valence-corrected chi connectivity index (χ0v) is 18.0. The van der Waals surface area contributed by atoms with Gasteiger partial charge in [-0.1, -0.05) is 36.0 Å². The molecule has 2 aromatic carbocycles. The molecule has 0 unspecified atom stereocenters. The highest BCUT2D eigenvalue weighted by atomic mass is 32.2. The predicted octanol–water partition coefficient (Wildman–Crippen LogP) is 5.05. The molecule has 4 rings (SSSR count). The lowest BCUT2D eigenvalue weighted by atomic mass is 10.3. The number of rotatable bonds is 9. The zero-order chi connectivity index (χ0) is 22.2. The van der Waals surface area contributed by atoms with E-state index in [1.165, 1.54) is 11.8 Å². The molecule has 0 aliphatic rings. The van der Waals surface area contributed by atoms with E-state index < -0.39 is 0 Å². The summed E-state index contributed by atoms with van der Waals surface area (Å²) in [5.74, 6) is 2.21. The molecule has 2 heterocycles. The van der Waals surface area contributed by atoms with E-state index in [0.29, 0.717) is 29.0 Å². The van der Waals surface area contributed by atoms with Crippen LogP contribution in [0.2, 0.25) is 0 Å². The molecular weight excluding hydrogens is 422 g/mol. The topological polar surface area (TPSA) is 81.9 Å². The molecule has 160 valence electrons. The summed E-state index contributed by atoms with van der Waals surface area (Å²) in [7, 11) is 0. The number of thioether (sulfide) groups is 1. The fraction of sp³-hybridized carbons (Fsp3) is 0.0833. The number of carbonyl (C=O) groups excluding carboxylic acids is 1. The van der Waals surface area contributed by atoms with E-state index in [4.69, 9.17) is 4.74 Å². The zero-order valence-electron chi connectivity index (χ0n) is 17.2. The predicted molar refractivity (Wildman–Crippen MR) is 126 cm³/mol. The first-order chi connectivity index (χ1) is 15.7. The maximum Gasteiger partial charge on any atom is 0.234 e. The molecule has 32 heavy (non-hydrogen) atoms. The first-order valence-electron chi connectivity index (χ1n) is 9.93. The third kappa shape index (κ3) is 5.41. The molecule has 1 amide bonds. The van der Waals surface area contributed by atoms with Crippen molar-refractivity contribution in [2.75, 3.05) is 11.1 Å². The molecule has 7 nitrogen and oxygen atoms in total. The van der Waals surface area contributed by atoms with Crippen LogP contribution < -0.4 is 10.1 Å². The average molecular weight is 444 g/mol. The van der Waals surface area contributed by atoms with Crippen molar-refractivity contribution in [3.63, 3.8) is 0 Å². The number of pyridine rings is 1. The average Bonchev–Trinajstić information content (AvgIpc) is 3.23. The minimum Gasteiger partial charge on any atom is -0.457 e. The number of allylic oxidation sites excluding steroid dienone is 1. The van der Waals surface area contributed by atoms with Crippen LogP contribution in [0.3, 0.4) is 0 Å². The normalized spacial score (nSPS) is 10.5. The number of anilines is 1. The fourth-order valence-electron chi connectivity index (χ4n) is 2.96. The van der Waals surface area contributed by atoms with Gasteiger partial charge in [-0.2, -0.15) is 0 Å². The number of aromatic nitrogens is 4. The Morgan fingerprint density at radius 3 is 2.53 bits per heavy atom. The first-order valence-corrected chi connectivity index (χ1v) is 10.9. The van der Waals surface area contributed by atoms with Gasteiger partial charge in [-0.05, 0) is 48.5 Å². The SMILES string of the molecule is C=CCn1c(SCC(=O)Nc2ccc(Oc3ccccc3)cc2)nnc1-c1cccnc1. The van der Waals surface area contributed by atoms with E-state index in [0.717, 1.165) is 11.3 Å². The second-order valence-corrected chi connectivity index (χ2v) is 7.67. The van der Waals surface area contributed by atoms with Crippen molar-refractivity contribution in [3.8, 4) is 22.9 Å². The standard InChI is InChI=1S/C24H21N5O2S/c1-2-15-29-23(18-7-6-14-25-16-18)27-28-24(29)32-17-22(30)26-19-10-12-21(13-11-19)31-20-8-4-3-5-9-20/h2-14,16H,1,15,17H2,(H,26,30). The maximum absolute atomic E-state index is 12.5. The molecule has 0 fully saturated rings. The van der Waals surface area contributed by atoms with E-state index in [1.807, 2.05) is 71.3 Å². The number of para-hydroxylation sites is 1. The lowest BCUT2D eigenvalue weighted by Crippen LogP contribution is -2.14. The number of carbonyl (C=O) groups is 1. The van der Waals surface area contributed by atoms with Crippen LogP contribution >= 0.6 is 11.8 Å². The highest BCUT2D eigenvalue weighted by Gasteiger charge is 2.15. The Balaban J connectivity index is 1.36. The summed E-state index contributed by atoms with van der Waals surface area (Å²) in [6.45, 7) is 4.34. The van der Waals surface area contributed by atoms with Gasteiger partial charge in [-0.25, -0.2) is 0 Å². The Bertz CT molecular complexity index is 1180. The van der Waals surface area contributed by atoms with Crippen LogP contribution in [-0.2, 0) is 11.3 Å². The van der Waals surface area contributed by atoms with E-state index >= 15 is 0 Å². The summed E-state index contributed by atoms with van der Waals surface area (Å²) in [6.07, 6.45) is 5.21. The van der Waals surface area contributed by atoms with Crippen LogP contribution in [0.15, 0.2) is 96.9 Å². The molecule has 2 aromatic heterocycles. The third-order valence-electron chi connectivity index (χ3n) is 4.40. The third-order valence-corrected chi connectivity index (χ3v) is 5.36. The van der Waals surface area contributed by atoms with Crippen molar-refractivity contribution >= 4 is 23.4 Å². The highest BCUT2D eigenvalue weighted by Crippen LogP contribution is 2.25. The summed E-state index contributed by atoms with van der Waals surface area (Å²) in [4.78, 5) is 16.6. The Labute approximate surface area is 190 Å². The summed E-state index contributed by atoms with van der Waals surface area (Å²) in [5.41, 5.74) is 1.55. The molecular formula is C24H21N5O2S. The van der Waals surface area contributed by atoms with Gasteiger partial charge in [0, 0.05) is 30.2 Å². The molecule has 1 N–H and O–H groups in total. The van der Waals surface area contributed by atoms with Gasteiger partial charge in [0.15, 0.2) is 11.0 Å². The summed E-state index contributed by atoms with van der Waals surface area (Å²) >= 11 is 1.32. The lowest BCUT2D eigenvalue weighted by Gasteiger charge is -2.09. The van der Waals surface area contributed by atoms with Crippen LogP contribution in [0.4, 0.5) is 5.69 Å². The minimum atomic E-state index is -0.136. The number of amides is 1. The number of benzene rings is 2. The van der Waals surface area contributed by atoms with Gasteiger partial charge in [-0.15, -0.1) is 16.8 Å². The number of ether oxygens (including phenoxy) is 1. The van der Waals surface area contributed by atoms with Crippen molar-refractivity contribution in [1.82, 2.24) is 19.7 Å². The van der Waals surface area contributed by atoms with Crippen molar-refractivity contribution in [2.45, 2.75) is 11.7 Å². The molecule has 0 bridgehead atoms. The van der Waals surface area contributed by atoms with Gasteiger partial charge in [0.25, 0.3) is 0 Å². The van der Waals surface area contributed by atoms with Crippen LogP contribution in [0.5, 0.6) is 11.5 Å². The van der Waals surface area contributed by atoms with Gasteiger partial charge in [-0.3, -0.25) is 14.3 Å². The molecule has 0 atom stereocenters. The van der Waals surface area contributed by atoms with Crippen LogP contribution in [-0.4, -0.2) is 31.4 Å². The maximum atomic E-state index is 12.5. The van der Waals surface area contributed by atoms with Gasteiger partial charge < -0.3 is 10.1 Å². The number of hydrogen-bond donors (Lipinski definition) is 1. The van der Waals surface area contributed by atoms with Crippen molar-refractivity contribution in [1.29, 1.82) is 0 Å². The van der Waals surface area contributed by atoms with Gasteiger partial charge in [0.05, 0.1) is 5.75 Å². The van der Waals surface area contributed by atoms with Gasteiger partial charge in [0.2, 0.25) is 5.91 Å². The summed E-state index contributed by atoms with van der Waals surface area (Å²) in [6, 6.07) is 20.5. The Morgan fingerprint density at radius 1 is 1.03 bits per heavy atom. The molecule has 4 aromatic rings. The largest absolute Gasteiger partial charge is 0.457 e. The second kappa shape index (κ2) is 10.4.